The van der Waals surface area contributed by atoms with E-state index in [4.69, 9.17) is 19.3 Å². The van der Waals surface area contributed by atoms with Gasteiger partial charge in [-0.1, -0.05) is 12.1 Å². The van der Waals surface area contributed by atoms with E-state index in [0.29, 0.717) is 36.6 Å². The largest absolute Gasteiger partial charge is 0.493 e. The normalized spacial score (nSPS) is 11.9. The van der Waals surface area contributed by atoms with Crippen LogP contribution in [0.25, 0.3) is 21.8 Å². The van der Waals surface area contributed by atoms with Crippen molar-refractivity contribution in [1.82, 2.24) is 9.97 Å². The quantitative estimate of drug-likeness (QED) is 0.110. The monoisotopic (exact) mass is 696 g/mol. The summed E-state index contributed by atoms with van der Waals surface area (Å²) in [7, 11) is 0. The number of hydrogen-bond acceptors (Lipinski definition) is 6. The summed E-state index contributed by atoms with van der Waals surface area (Å²) in [6.07, 6.45) is -0.823. The van der Waals surface area contributed by atoms with Crippen LogP contribution in [-0.4, -0.2) is 51.7 Å². The average Bonchev–Trinajstić information content (AvgIpc) is 3.59. The summed E-state index contributed by atoms with van der Waals surface area (Å²) in [5.41, 5.74) is 3.20. The Bertz CT molecular complexity index is 1900. The lowest BCUT2D eigenvalue weighted by molar-refractivity contribution is -0.137. The molecule has 0 saturated carbocycles. The highest BCUT2D eigenvalue weighted by atomic mass is 19.4. The molecule has 0 aliphatic heterocycles. The molecule has 50 heavy (non-hydrogen) atoms. The Morgan fingerprint density at radius 2 is 1.16 bits per heavy atom. The second-order valence-corrected chi connectivity index (χ2v) is 13.5. The number of anilines is 2. The van der Waals surface area contributed by atoms with Gasteiger partial charge >= 0.3 is 18.4 Å². The van der Waals surface area contributed by atoms with Crippen LogP contribution in [0.3, 0.4) is 0 Å². The highest BCUT2D eigenvalue weighted by Gasteiger charge is 2.30. The Balaban J connectivity index is 0.000000244. The van der Waals surface area contributed by atoms with E-state index in [0.717, 1.165) is 45.1 Å². The summed E-state index contributed by atoms with van der Waals surface area (Å²) >= 11 is 0. The number of halogens is 3. The van der Waals surface area contributed by atoms with Crippen molar-refractivity contribution in [2.75, 3.05) is 23.8 Å². The van der Waals surface area contributed by atoms with E-state index in [1.165, 1.54) is 12.1 Å². The van der Waals surface area contributed by atoms with Crippen molar-refractivity contribution in [2.24, 2.45) is 0 Å². The predicted molar refractivity (Wildman–Crippen MR) is 188 cm³/mol. The summed E-state index contributed by atoms with van der Waals surface area (Å²) < 4.78 is 53.9. The van der Waals surface area contributed by atoms with Gasteiger partial charge in [-0.15, -0.1) is 0 Å². The number of carbonyl (C=O) groups is 2. The van der Waals surface area contributed by atoms with Gasteiger partial charge in [-0.3, -0.25) is 10.6 Å². The minimum atomic E-state index is -4.37. The predicted octanol–water partition coefficient (Wildman–Crippen LogP) is 9.20. The van der Waals surface area contributed by atoms with E-state index in [2.05, 4.69) is 20.6 Å². The zero-order valence-electron chi connectivity index (χ0n) is 28.9. The lowest BCUT2D eigenvalue weighted by Gasteiger charge is -2.19. The summed E-state index contributed by atoms with van der Waals surface area (Å²) in [4.78, 5) is 30.0. The summed E-state index contributed by atoms with van der Waals surface area (Å²) in [6.45, 7) is 11.2. The fourth-order valence-electron chi connectivity index (χ4n) is 4.84. The number of fused-ring (bicyclic) bond motifs is 2. The molecule has 2 aromatic heterocycles. The molecule has 2 heterocycles. The van der Waals surface area contributed by atoms with E-state index in [1.807, 2.05) is 57.2 Å². The first-order valence-electron chi connectivity index (χ1n) is 16.0. The summed E-state index contributed by atoms with van der Waals surface area (Å²) in [6, 6.07) is 16.2. The molecule has 0 saturated heterocycles. The third-order valence-corrected chi connectivity index (χ3v) is 7.01. The lowest BCUT2D eigenvalue weighted by Crippen LogP contribution is -2.27. The van der Waals surface area contributed by atoms with Crippen molar-refractivity contribution in [3.63, 3.8) is 0 Å². The van der Waals surface area contributed by atoms with Crippen LogP contribution in [0.5, 0.6) is 5.75 Å². The number of benzene rings is 3. The number of aromatic amines is 2. The van der Waals surface area contributed by atoms with E-state index in [1.54, 1.807) is 33.2 Å². The first-order valence-corrected chi connectivity index (χ1v) is 16.0. The SMILES string of the molecule is CC(C)(C)OC(=O)Nc1c[nH]c2ccc(CCO)cc12.CC(C)(C)OC(=O)Nc1c[nH]c2ccc(CCOc3ccc(C(F)(F)F)cc3)cc12. The lowest BCUT2D eigenvalue weighted by atomic mass is 10.1. The van der Waals surface area contributed by atoms with E-state index in [-0.39, 0.29) is 6.61 Å². The van der Waals surface area contributed by atoms with Gasteiger partial charge in [0.05, 0.1) is 23.5 Å². The second kappa shape index (κ2) is 15.6. The van der Waals surface area contributed by atoms with Gasteiger partial charge in [-0.25, -0.2) is 9.59 Å². The topological polar surface area (TPSA) is 138 Å². The molecule has 5 N–H and O–H groups in total. The van der Waals surface area contributed by atoms with Crippen LogP contribution < -0.4 is 15.4 Å². The van der Waals surface area contributed by atoms with Gasteiger partial charge in [-0.05, 0) is 108 Å². The Labute approximate surface area is 288 Å². The average molecular weight is 697 g/mol. The Kier molecular flexibility index (Phi) is 11.7. The number of aliphatic hydroxyl groups excluding tert-OH is 1. The smallest absolute Gasteiger partial charge is 0.416 e. The maximum absolute atomic E-state index is 12.6. The Morgan fingerprint density at radius 1 is 0.700 bits per heavy atom. The van der Waals surface area contributed by atoms with Crippen molar-refractivity contribution in [1.29, 1.82) is 0 Å². The molecular weight excluding hydrogens is 653 g/mol. The molecule has 268 valence electrons. The second-order valence-electron chi connectivity index (χ2n) is 13.5. The van der Waals surface area contributed by atoms with Crippen LogP contribution in [0.15, 0.2) is 73.1 Å². The standard InChI is InChI=1S/C22H23F3N2O3.C15H20N2O3/c1-21(2,3)30-20(28)27-19-13-26-18-9-4-14(12-17(18)19)10-11-29-16-7-5-15(6-8-16)22(23,24)25;1-15(2,3)20-14(19)17-13-9-16-12-5-4-10(6-7-18)8-11(12)13/h4-9,12-13,26H,10-11H2,1-3H3,(H,27,28);4-5,8-9,16,18H,6-7H2,1-3H3,(H,17,19). The number of ether oxygens (including phenoxy) is 3. The molecule has 0 aliphatic carbocycles. The number of aromatic nitrogens is 2. The van der Waals surface area contributed by atoms with Gasteiger partial charge in [0.2, 0.25) is 0 Å². The van der Waals surface area contributed by atoms with Gasteiger partial charge in [0, 0.05) is 47.2 Å². The molecule has 0 bridgehead atoms. The van der Waals surface area contributed by atoms with Gasteiger partial charge < -0.3 is 29.3 Å². The van der Waals surface area contributed by atoms with Crippen LogP contribution in [-0.2, 0) is 28.5 Å². The fraction of sp³-hybridized carbons (Fsp3) is 0.351. The third kappa shape index (κ3) is 11.2. The summed E-state index contributed by atoms with van der Waals surface area (Å²) in [5.74, 6) is 0.373. The molecule has 13 heteroatoms. The van der Waals surface area contributed by atoms with Crippen molar-refractivity contribution in [3.8, 4) is 5.75 Å². The van der Waals surface area contributed by atoms with Crippen LogP contribution in [0, 0.1) is 0 Å². The maximum Gasteiger partial charge on any atom is 0.416 e. The van der Waals surface area contributed by atoms with E-state index >= 15 is 0 Å². The third-order valence-electron chi connectivity index (χ3n) is 7.01. The first kappa shape index (κ1) is 37.6. The first-order chi connectivity index (χ1) is 23.4. The minimum Gasteiger partial charge on any atom is -0.493 e. The van der Waals surface area contributed by atoms with Crippen LogP contribution >= 0.6 is 0 Å². The van der Waals surface area contributed by atoms with Gasteiger partial charge in [0.25, 0.3) is 0 Å². The van der Waals surface area contributed by atoms with Crippen LogP contribution in [0.1, 0.15) is 58.2 Å². The zero-order valence-corrected chi connectivity index (χ0v) is 28.9. The van der Waals surface area contributed by atoms with Crippen molar-refractivity contribution in [3.05, 3.63) is 89.7 Å². The Hall–Kier alpha value is -5.17. The number of carbonyl (C=O) groups excluding carboxylic acids is 2. The maximum atomic E-state index is 12.6. The number of H-pyrrole nitrogens is 2. The number of alkyl halides is 3. The molecular formula is C37H43F3N4O6. The zero-order chi connectivity index (χ0) is 36.7. The number of hydrogen-bond donors (Lipinski definition) is 5. The number of aliphatic hydroxyl groups is 1. The van der Waals surface area contributed by atoms with Crippen LogP contribution in [0.4, 0.5) is 34.1 Å². The van der Waals surface area contributed by atoms with Crippen molar-refractivity contribution in [2.45, 2.75) is 71.8 Å². The summed E-state index contributed by atoms with van der Waals surface area (Å²) in [5, 5.41) is 16.2. The highest BCUT2D eigenvalue weighted by molar-refractivity contribution is 6.00. The number of rotatable bonds is 8. The van der Waals surface area contributed by atoms with Crippen molar-refractivity contribution < 1.29 is 42.1 Å². The molecule has 0 fully saturated rings. The molecule has 0 aliphatic rings. The number of amides is 2. The molecule has 3 aromatic carbocycles. The molecule has 0 spiro atoms. The molecule has 0 unspecified atom stereocenters. The van der Waals surface area contributed by atoms with Gasteiger partial charge in [0.15, 0.2) is 0 Å². The number of nitrogens with one attached hydrogen (secondary N) is 4. The Morgan fingerprint density at radius 3 is 1.58 bits per heavy atom. The highest BCUT2D eigenvalue weighted by Crippen LogP contribution is 2.31. The van der Waals surface area contributed by atoms with Gasteiger partial charge in [0.1, 0.15) is 17.0 Å². The molecule has 0 radical (unpaired) electrons. The minimum absolute atomic E-state index is 0.102. The van der Waals surface area contributed by atoms with E-state index < -0.39 is 35.1 Å². The van der Waals surface area contributed by atoms with Gasteiger partial charge in [-0.2, -0.15) is 13.2 Å². The van der Waals surface area contributed by atoms with Crippen molar-refractivity contribution >= 4 is 45.4 Å². The molecule has 5 aromatic rings. The van der Waals surface area contributed by atoms with Crippen LogP contribution in [0.2, 0.25) is 0 Å². The molecule has 5 rings (SSSR count). The molecule has 10 nitrogen and oxygen atoms in total. The fourth-order valence-corrected chi connectivity index (χ4v) is 4.84. The molecule has 0 atom stereocenters. The van der Waals surface area contributed by atoms with E-state index in [9.17, 15) is 22.8 Å². The molecule has 2 amide bonds.